The summed E-state index contributed by atoms with van der Waals surface area (Å²) in [6, 6.07) is 0. The van der Waals surface area contributed by atoms with Crippen LogP contribution in [-0.4, -0.2) is 23.4 Å². The van der Waals surface area contributed by atoms with Gasteiger partial charge in [0.15, 0.2) is 5.82 Å². The van der Waals surface area contributed by atoms with Crippen molar-refractivity contribution in [2.24, 2.45) is 5.41 Å². The maximum atomic E-state index is 6.07. The minimum absolute atomic E-state index is 0.124. The van der Waals surface area contributed by atoms with Crippen molar-refractivity contribution in [2.45, 2.75) is 41.2 Å². The van der Waals surface area contributed by atoms with Crippen LogP contribution in [-0.2, 0) is 11.4 Å². The molecule has 1 heterocycles. The summed E-state index contributed by atoms with van der Waals surface area (Å²) in [4.78, 5) is 5.44. The molecule has 17 heavy (non-hydrogen) atoms. The number of hydrogen-bond acceptors (Lipinski definition) is 4. The van der Waals surface area contributed by atoms with Crippen molar-refractivity contribution < 1.29 is 4.84 Å². The molecule has 0 bridgehead atoms. The van der Waals surface area contributed by atoms with Gasteiger partial charge in [0.2, 0.25) is 0 Å². The third kappa shape index (κ3) is 3.12. The number of rotatable bonds is 4. The number of hydroxylamine groups is 1. The van der Waals surface area contributed by atoms with Crippen LogP contribution in [0.25, 0.3) is 0 Å². The van der Waals surface area contributed by atoms with Crippen LogP contribution in [0.4, 0.5) is 11.5 Å². The van der Waals surface area contributed by atoms with Crippen molar-refractivity contribution in [3.8, 4) is 0 Å². The fourth-order valence-corrected chi connectivity index (χ4v) is 1.72. The van der Waals surface area contributed by atoms with Gasteiger partial charge in [-0.2, -0.15) is 5.10 Å². The van der Waals surface area contributed by atoms with Gasteiger partial charge in [-0.3, -0.25) is 4.84 Å². The van der Waals surface area contributed by atoms with Crippen molar-refractivity contribution >= 4 is 11.5 Å². The van der Waals surface area contributed by atoms with E-state index in [1.54, 1.807) is 7.11 Å². The lowest BCUT2D eigenvalue weighted by Crippen LogP contribution is -2.33. The second-order valence-electron chi connectivity index (χ2n) is 5.42. The van der Waals surface area contributed by atoms with E-state index in [0.29, 0.717) is 5.69 Å². The lowest BCUT2D eigenvalue weighted by molar-refractivity contribution is 0.137. The Labute approximate surface area is 103 Å². The minimum atomic E-state index is 0.124. The minimum Gasteiger partial charge on any atom is -0.394 e. The molecule has 2 N–H and O–H groups in total. The number of nitrogens with zero attached hydrogens (tertiary/aromatic N) is 3. The standard InChI is InChI=1S/C12H24N4O/c1-7-15-11(10(13)9(2)14-15)16(17-6)8-12(3,4)5/h7-8,13H2,1-6H3. The number of aryl methyl sites for hydroxylation is 2. The van der Waals surface area contributed by atoms with Gasteiger partial charge in [0, 0.05) is 6.54 Å². The third-order valence-electron chi connectivity index (χ3n) is 2.52. The smallest absolute Gasteiger partial charge is 0.174 e. The number of nitrogens with two attached hydrogens (primary N) is 1. The Morgan fingerprint density at radius 2 is 2.00 bits per heavy atom. The SMILES string of the molecule is CCn1nc(C)c(N)c1N(CC(C)(C)C)OC. The van der Waals surface area contributed by atoms with Gasteiger partial charge in [-0.1, -0.05) is 20.8 Å². The molecule has 0 saturated heterocycles. The first-order valence-electron chi connectivity index (χ1n) is 5.94. The van der Waals surface area contributed by atoms with Crippen LogP contribution >= 0.6 is 0 Å². The molecule has 1 rings (SSSR count). The normalized spacial score (nSPS) is 11.9. The van der Waals surface area contributed by atoms with Gasteiger partial charge in [0.25, 0.3) is 0 Å². The zero-order valence-corrected chi connectivity index (χ0v) is 11.7. The van der Waals surface area contributed by atoms with Crippen molar-refractivity contribution in [3.63, 3.8) is 0 Å². The fraction of sp³-hybridized carbons (Fsp3) is 0.750. The van der Waals surface area contributed by atoms with Crippen LogP contribution in [0.1, 0.15) is 33.4 Å². The first kappa shape index (κ1) is 13.8. The van der Waals surface area contributed by atoms with E-state index in [1.165, 1.54) is 0 Å². The van der Waals surface area contributed by atoms with Gasteiger partial charge in [0.05, 0.1) is 25.0 Å². The van der Waals surface area contributed by atoms with E-state index in [9.17, 15) is 0 Å². The molecular weight excluding hydrogens is 216 g/mol. The molecule has 0 fully saturated rings. The molecule has 0 unspecified atom stereocenters. The highest BCUT2D eigenvalue weighted by atomic mass is 16.7. The number of hydrogen-bond donors (Lipinski definition) is 1. The van der Waals surface area contributed by atoms with Gasteiger partial charge >= 0.3 is 0 Å². The highest BCUT2D eigenvalue weighted by Gasteiger charge is 2.23. The Balaban J connectivity index is 3.11. The van der Waals surface area contributed by atoms with Crippen LogP contribution in [0.5, 0.6) is 0 Å². The average molecular weight is 240 g/mol. The molecule has 1 aromatic heterocycles. The average Bonchev–Trinajstić information content (AvgIpc) is 2.51. The maximum Gasteiger partial charge on any atom is 0.174 e. The van der Waals surface area contributed by atoms with Gasteiger partial charge in [-0.15, -0.1) is 0 Å². The summed E-state index contributed by atoms with van der Waals surface area (Å²) in [5.74, 6) is 0.849. The molecule has 0 spiro atoms. The quantitative estimate of drug-likeness (QED) is 0.820. The predicted molar refractivity (Wildman–Crippen MR) is 70.9 cm³/mol. The number of anilines is 2. The second kappa shape index (κ2) is 4.96. The van der Waals surface area contributed by atoms with Crippen LogP contribution in [0.3, 0.4) is 0 Å². The van der Waals surface area contributed by atoms with Gasteiger partial charge in [0.1, 0.15) is 0 Å². The molecule has 5 nitrogen and oxygen atoms in total. The molecule has 0 aliphatic carbocycles. The summed E-state index contributed by atoms with van der Waals surface area (Å²) in [6.45, 7) is 12.0. The molecule has 0 amide bonds. The van der Waals surface area contributed by atoms with Crippen molar-refractivity contribution in [3.05, 3.63) is 5.69 Å². The van der Waals surface area contributed by atoms with E-state index in [2.05, 4.69) is 25.9 Å². The van der Waals surface area contributed by atoms with E-state index in [4.69, 9.17) is 10.6 Å². The van der Waals surface area contributed by atoms with E-state index in [1.807, 2.05) is 23.6 Å². The highest BCUT2D eigenvalue weighted by molar-refractivity contribution is 5.65. The first-order chi connectivity index (χ1) is 7.80. The van der Waals surface area contributed by atoms with Crippen molar-refractivity contribution in [1.29, 1.82) is 0 Å². The second-order valence-corrected chi connectivity index (χ2v) is 5.42. The van der Waals surface area contributed by atoms with Gasteiger partial charge < -0.3 is 5.73 Å². The van der Waals surface area contributed by atoms with Gasteiger partial charge in [-0.05, 0) is 19.3 Å². The monoisotopic (exact) mass is 240 g/mol. The fourth-order valence-electron chi connectivity index (χ4n) is 1.72. The van der Waals surface area contributed by atoms with Crippen LogP contribution in [0.2, 0.25) is 0 Å². The Kier molecular flexibility index (Phi) is 4.03. The zero-order valence-electron chi connectivity index (χ0n) is 11.7. The summed E-state index contributed by atoms with van der Waals surface area (Å²) >= 11 is 0. The lowest BCUT2D eigenvalue weighted by atomic mass is 9.97. The molecule has 0 atom stereocenters. The molecule has 0 saturated carbocycles. The molecule has 5 heteroatoms. The Hall–Kier alpha value is -1.23. The van der Waals surface area contributed by atoms with Crippen LogP contribution in [0, 0.1) is 12.3 Å². The van der Waals surface area contributed by atoms with E-state index < -0.39 is 0 Å². The van der Waals surface area contributed by atoms with E-state index in [0.717, 1.165) is 24.6 Å². The Bertz CT molecular complexity index is 379. The summed E-state index contributed by atoms with van der Waals surface area (Å²) < 4.78 is 1.87. The summed E-state index contributed by atoms with van der Waals surface area (Å²) in [6.07, 6.45) is 0. The van der Waals surface area contributed by atoms with Crippen LogP contribution < -0.4 is 10.8 Å². The van der Waals surface area contributed by atoms with Crippen molar-refractivity contribution in [2.75, 3.05) is 24.5 Å². The predicted octanol–water partition coefficient (Wildman–Crippen LogP) is 2.21. The molecule has 0 aliphatic rings. The molecule has 0 aromatic carbocycles. The number of nitrogen functional groups attached to an aromatic ring is 1. The third-order valence-corrected chi connectivity index (χ3v) is 2.52. The Morgan fingerprint density at radius 3 is 2.41 bits per heavy atom. The highest BCUT2D eigenvalue weighted by Crippen LogP contribution is 2.29. The molecule has 1 aromatic rings. The summed E-state index contributed by atoms with van der Waals surface area (Å²) in [5, 5.41) is 6.22. The number of aromatic nitrogens is 2. The first-order valence-corrected chi connectivity index (χ1v) is 5.94. The lowest BCUT2D eigenvalue weighted by Gasteiger charge is -2.29. The molecular formula is C12H24N4O. The Morgan fingerprint density at radius 1 is 1.41 bits per heavy atom. The van der Waals surface area contributed by atoms with Gasteiger partial charge in [-0.25, -0.2) is 9.75 Å². The van der Waals surface area contributed by atoms with E-state index >= 15 is 0 Å². The molecule has 0 aliphatic heterocycles. The largest absolute Gasteiger partial charge is 0.394 e. The van der Waals surface area contributed by atoms with Crippen molar-refractivity contribution in [1.82, 2.24) is 9.78 Å². The van der Waals surface area contributed by atoms with E-state index in [-0.39, 0.29) is 5.41 Å². The van der Waals surface area contributed by atoms with Crippen LogP contribution in [0.15, 0.2) is 0 Å². The summed E-state index contributed by atoms with van der Waals surface area (Å²) in [5.41, 5.74) is 7.73. The molecule has 0 radical (unpaired) electrons. The maximum absolute atomic E-state index is 6.07. The zero-order chi connectivity index (χ0) is 13.2. The summed E-state index contributed by atoms with van der Waals surface area (Å²) in [7, 11) is 1.66. The molecule has 98 valence electrons. The topological polar surface area (TPSA) is 56.3 Å².